The van der Waals surface area contributed by atoms with E-state index in [-0.39, 0.29) is 18.5 Å². The second kappa shape index (κ2) is 43.3. The number of carbonyl (C=O) groups excluding carboxylic acids is 2. The maximum atomic E-state index is 12.3. The molecule has 0 aliphatic rings. The average molecular weight is 750 g/mol. The number of aliphatic hydroxyl groups is 2. The van der Waals surface area contributed by atoms with E-state index >= 15 is 0 Å². The number of hydrogen-bond acceptors (Lipinski definition) is 5. The lowest BCUT2D eigenvalue weighted by atomic mass is 10.0. The molecule has 0 saturated heterocycles. The Hall–Kier alpha value is -1.40. The van der Waals surface area contributed by atoms with Crippen molar-refractivity contribution in [3.05, 3.63) is 12.2 Å². The molecule has 0 aromatic heterocycles. The Labute approximate surface area is 329 Å². The first-order valence-electron chi connectivity index (χ1n) is 23.5. The Bertz CT molecular complexity index is 787. The van der Waals surface area contributed by atoms with Crippen molar-refractivity contribution in [3.63, 3.8) is 0 Å². The summed E-state index contributed by atoms with van der Waals surface area (Å²) in [5, 5.41) is 22.9. The lowest BCUT2D eigenvalue weighted by Gasteiger charge is -2.20. The third-order valence-corrected chi connectivity index (χ3v) is 10.8. The highest BCUT2D eigenvalue weighted by molar-refractivity contribution is 5.76. The number of esters is 1. The predicted octanol–water partition coefficient (Wildman–Crippen LogP) is 13.4. The van der Waals surface area contributed by atoms with E-state index in [4.69, 9.17) is 4.74 Å². The highest BCUT2D eigenvalue weighted by Crippen LogP contribution is 2.16. The summed E-state index contributed by atoms with van der Waals surface area (Å²) in [4.78, 5) is 24.4. The van der Waals surface area contributed by atoms with E-state index in [9.17, 15) is 19.8 Å². The molecule has 2 atom stereocenters. The third kappa shape index (κ3) is 40.1. The fourth-order valence-electron chi connectivity index (χ4n) is 7.16. The lowest BCUT2D eigenvalue weighted by molar-refractivity contribution is -0.143. The minimum Gasteiger partial charge on any atom is -0.466 e. The van der Waals surface area contributed by atoms with Gasteiger partial charge in [-0.25, -0.2) is 0 Å². The Morgan fingerprint density at radius 2 is 0.868 bits per heavy atom. The van der Waals surface area contributed by atoms with Gasteiger partial charge in [-0.1, -0.05) is 219 Å². The molecule has 0 radical (unpaired) electrons. The first kappa shape index (κ1) is 51.6. The molecule has 2 unspecified atom stereocenters. The Morgan fingerprint density at radius 1 is 0.509 bits per heavy atom. The molecular formula is C47H91NO5. The monoisotopic (exact) mass is 750 g/mol. The second-order valence-corrected chi connectivity index (χ2v) is 16.1. The molecule has 6 heteroatoms. The van der Waals surface area contributed by atoms with Gasteiger partial charge in [-0.15, -0.1) is 0 Å². The molecule has 3 N–H and O–H groups in total. The van der Waals surface area contributed by atoms with Gasteiger partial charge in [-0.3, -0.25) is 9.59 Å². The molecule has 0 spiro atoms. The van der Waals surface area contributed by atoms with Crippen LogP contribution in [0, 0.1) is 0 Å². The number of ether oxygens (including phenoxy) is 1. The van der Waals surface area contributed by atoms with Crippen LogP contribution in [0.5, 0.6) is 0 Å². The summed E-state index contributed by atoms with van der Waals surface area (Å²) < 4.78 is 5.45. The van der Waals surface area contributed by atoms with Crippen LogP contribution in [0.3, 0.4) is 0 Å². The van der Waals surface area contributed by atoms with E-state index in [0.29, 0.717) is 19.4 Å². The van der Waals surface area contributed by atoms with Crippen LogP contribution in [-0.4, -0.2) is 47.4 Å². The van der Waals surface area contributed by atoms with Crippen molar-refractivity contribution in [2.45, 2.75) is 264 Å². The first-order valence-corrected chi connectivity index (χ1v) is 23.5. The highest BCUT2D eigenvalue weighted by Gasteiger charge is 2.18. The molecule has 0 rings (SSSR count). The second-order valence-electron chi connectivity index (χ2n) is 16.1. The Balaban J connectivity index is 3.47. The SMILES string of the molecule is CCCCCCCCCC/C=C/C(O)C(CO)NC(=O)CCCCCCCCCCCOC(=O)CCCCCCCCCCCCCCCCCCC. The van der Waals surface area contributed by atoms with Gasteiger partial charge in [0.1, 0.15) is 0 Å². The van der Waals surface area contributed by atoms with Crippen molar-refractivity contribution in [1.29, 1.82) is 0 Å². The van der Waals surface area contributed by atoms with Crippen LogP contribution < -0.4 is 5.32 Å². The summed E-state index contributed by atoms with van der Waals surface area (Å²) in [7, 11) is 0. The largest absolute Gasteiger partial charge is 0.466 e. The van der Waals surface area contributed by atoms with Crippen molar-refractivity contribution < 1.29 is 24.5 Å². The number of hydrogen-bond donors (Lipinski definition) is 3. The maximum Gasteiger partial charge on any atom is 0.305 e. The summed E-state index contributed by atoms with van der Waals surface area (Å²) in [5.41, 5.74) is 0. The predicted molar refractivity (Wildman–Crippen MR) is 227 cm³/mol. The van der Waals surface area contributed by atoms with Gasteiger partial charge in [-0.2, -0.15) is 0 Å². The van der Waals surface area contributed by atoms with Gasteiger partial charge in [0.2, 0.25) is 5.91 Å². The molecular weight excluding hydrogens is 659 g/mol. The average Bonchev–Trinajstić information content (AvgIpc) is 3.16. The summed E-state index contributed by atoms with van der Waals surface area (Å²) in [5.74, 6) is -0.121. The zero-order chi connectivity index (χ0) is 38.7. The van der Waals surface area contributed by atoms with E-state index in [1.807, 2.05) is 6.08 Å². The molecule has 0 aliphatic carbocycles. The van der Waals surface area contributed by atoms with Crippen molar-refractivity contribution in [2.75, 3.05) is 13.2 Å². The maximum absolute atomic E-state index is 12.3. The summed E-state index contributed by atoms with van der Waals surface area (Å²) in [6, 6.07) is -0.644. The molecule has 1 amide bonds. The van der Waals surface area contributed by atoms with Crippen LogP contribution in [0.1, 0.15) is 251 Å². The van der Waals surface area contributed by atoms with Gasteiger partial charge in [0, 0.05) is 12.8 Å². The smallest absolute Gasteiger partial charge is 0.305 e. The Morgan fingerprint density at radius 3 is 1.28 bits per heavy atom. The summed E-state index contributed by atoms with van der Waals surface area (Å²) >= 11 is 0. The van der Waals surface area contributed by atoms with E-state index in [1.54, 1.807) is 6.08 Å². The highest BCUT2D eigenvalue weighted by atomic mass is 16.5. The van der Waals surface area contributed by atoms with Crippen molar-refractivity contribution >= 4 is 11.9 Å². The van der Waals surface area contributed by atoms with E-state index in [2.05, 4.69) is 19.2 Å². The molecule has 0 heterocycles. The zero-order valence-corrected chi connectivity index (χ0v) is 35.5. The third-order valence-electron chi connectivity index (χ3n) is 10.8. The van der Waals surface area contributed by atoms with E-state index in [0.717, 1.165) is 57.8 Å². The molecule has 6 nitrogen and oxygen atoms in total. The molecule has 0 aliphatic heterocycles. The normalized spacial score (nSPS) is 12.8. The number of carbonyl (C=O) groups is 2. The molecule has 0 bridgehead atoms. The topological polar surface area (TPSA) is 95.9 Å². The molecule has 0 aromatic carbocycles. The van der Waals surface area contributed by atoms with Crippen molar-refractivity contribution in [1.82, 2.24) is 5.32 Å². The number of nitrogens with one attached hydrogen (secondary N) is 1. The van der Waals surface area contributed by atoms with Gasteiger partial charge >= 0.3 is 5.97 Å². The van der Waals surface area contributed by atoms with Crippen molar-refractivity contribution in [2.24, 2.45) is 0 Å². The standard InChI is InChI=1S/C47H91NO5/c1-3-5-7-9-11-13-15-16-17-18-19-20-21-25-29-33-37-41-47(52)53-42-38-34-30-26-22-24-28-32-36-40-46(51)48-44(43-49)45(50)39-35-31-27-23-14-12-10-8-6-4-2/h35,39,44-45,49-50H,3-34,36-38,40-43H2,1-2H3,(H,48,51)/b39-35+. The van der Waals surface area contributed by atoms with Crippen molar-refractivity contribution in [3.8, 4) is 0 Å². The minimum absolute atomic E-state index is 0.0242. The van der Waals surface area contributed by atoms with Crippen LogP contribution in [0.4, 0.5) is 0 Å². The molecule has 53 heavy (non-hydrogen) atoms. The van der Waals surface area contributed by atoms with Crippen LogP contribution in [0.25, 0.3) is 0 Å². The summed E-state index contributed by atoms with van der Waals surface area (Å²) in [6.07, 6.45) is 47.7. The fraction of sp³-hybridized carbons (Fsp3) is 0.915. The van der Waals surface area contributed by atoms with Crippen LogP contribution in [-0.2, 0) is 14.3 Å². The van der Waals surface area contributed by atoms with Gasteiger partial charge in [0.15, 0.2) is 0 Å². The van der Waals surface area contributed by atoms with E-state index in [1.165, 1.54) is 167 Å². The van der Waals surface area contributed by atoms with E-state index < -0.39 is 12.1 Å². The molecule has 0 fully saturated rings. The number of allylic oxidation sites excluding steroid dienone is 1. The van der Waals surface area contributed by atoms with Gasteiger partial charge in [0.25, 0.3) is 0 Å². The van der Waals surface area contributed by atoms with Crippen LogP contribution in [0.15, 0.2) is 12.2 Å². The lowest BCUT2D eigenvalue weighted by Crippen LogP contribution is -2.45. The first-order chi connectivity index (χ1) is 26.0. The number of amides is 1. The van der Waals surface area contributed by atoms with Gasteiger partial charge < -0.3 is 20.3 Å². The number of unbranched alkanes of at least 4 members (excludes halogenated alkanes) is 32. The van der Waals surface area contributed by atoms with Crippen LogP contribution >= 0.6 is 0 Å². The number of rotatable bonds is 43. The quantitative estimate of drug-likeness (QED) is 0.0328. The van der Waals surface area contributed by atoms with Gasteiger partial charge in [-0.05, 0) is 32.1 Å². The minimum atomic E-state index is -0.858. The number of aliphatic hydroxyl groups excluding tert-OH is 2. The Kier molecular flexibility index (Phi) is 42.2. The van der Waals surface area contributed by atoms with Crippen LogP contribution in [0.2, 0.25) is 0 Å². The summed E-state index contributed by atoms with van der Waals surface area (Å²) in [6.45, 7) is 4.82. The van der Waals surface area contributed by atoms with Gasteiger partial charge in [0.05, 0.1) is 25.4 Å². The zero-order valence-electron chi connectivity index (χ0n) is 35.5. The molecule has 0 saturated carbocycles. The molecule has 314 valence electrons. The fourth-order valence-corrected chi connectivity index (χ4v) is 7.16. The molecule has 0 aromatic rings.